The van der Waals surface area contributed by atoms with Gasteiger partial charge in [-0.25, -0.2) is 0 Å². The van der Waals surface area contributed by atoms with Gasteiger partial charge < -0.3 is 15.2 Å². The molecule has 4 heteroatoms. The predicted octanol–water partition coefficient (Wildman–Crippen LogP) is 0.849. The van der Waals surface area contributed by atoms with Gasteiger partial charge in [0.2, 0.25) is 0 Å². The van der Waals surface area contributed by atoms with E-state index < -0.39 is 0 Å². The molecule has 2 N–H and O–H groups in total. The van der Waals surface area contributed by atoms with Crippen LogP contribution in [0.5, 0.6) is 0 Å². The second kappa shape index (κ2) is 5.96. The molecule has 0 aromatic rings. The number of nitrogens with two attached hydrogens (primary N) is 1. The Balaban J connectivity index is 2.36. The van der Waals surface area contributed by atoms with Gasteiger partial charge in [-0.05, 0) is 27.2 Å². The van der Waals surface area contributed by atoms with Crippen LogP contribution in [0.1, 0.15) is 27.2 Å². The first kappa shape index (κ1) is 13.9. The van der Waals surface area contributed by atoms with E-state index >= 15 is 0 Å². The molecule has 1 aliphatic heterocycles. The van der Waals surface area contributed by atoms with Gasteiger partial charge in [-0.15, -0.1) is 0 Å². The van der Waals surface area contributed by atoms with Crippen molar-refractivity contribution in [2.75, 3.05) is 33.3 Å². The molecule has 0 amide bonds. The summed E-state index contributed by atoms with van der Waals surface area (Å²) in [5.74, 6) is 0. The molecule has 1 rings (SSSR count). The van der Waals surface area contributed by atoms with Crippen LogP contribution in [0.3, 0.4) is 0 Å². The SMILES string of the molecule is COC(CN)CCN1CC(C)OC(C)(C)C1. The first-order chi connectivity index (χ1) is 7.46. The van der Waals surface area contributed by atoms with Crippen molar-refractivity contribution in [3.8, 4) is 0 Å². The Hall–Kier alpha value is -0.160. The minimum Gasteiger partial charge on any atom is -0.380 e. The van der Waals surface area contributed by atoms with Crippen LogP contribution in [0.25, 0.3) is 0 Å². The number of rotatable bonds is 5. The second-order valence-electron chi connectivity index (χ2n) is 5.31. The minimum atomic E-state index is -0.0387. The van der Waals surface area contributed by atoms with E-state index in [2.05, 4.69) is 25.7 Å². The number of ether oxygens (including phenoxy) is 2. The maximum atomic E-state index is 5.87. The number of methoxy groups -OCH3 is 1. The van der Waals surface area contributed by atoms with Crippen molar-refractivity contribution < 1.29 is 9.47 Å². The van der Waals surface area contributed by atoms with E-state index in [4.69, 9.17) is 15.2 Å². The zero-order chi connectivity index (χ0) is 12.2. The molecular weight excluding hydrogens is 204 g/mol. The van der Waals surface area contributed by atoms with E-state index in [0.717, 1.165) is 26.1 Å². The van der Waals surface area contributed by atoms with Crippen LogP contribution in [0.4, 0.5) is 0 Å². The Bertz CT molecular complexity index is 205. The maximum Gasteiger partial charge on any atom is 0.0757 e. The first-order valence-electron chi connectivity index (χ1n) is 6.10. The van der Waals surface area contributed by atoms with E-state index in [0.29, 0.717) is 12.6 Å². The number of morpholine rings is 1. The van der Waals surface area contributed by atoms with Crippen LogP contribution in [0, 0.1) is 0 Å². The average molecular weight is 230 g/mol. The Kier molecular flexibility index (Phi) is 5.18. The van der Waals surface area contributed by atoms with Gasteiger partial charge in [-0.2, -0.15) is 0 Å². The van der Waals surface area contributed by atoms with Crippen LogP contribution in [-0.4, -0.2) is 56.0 Å². The minimum absolute atomic E-state index is 0.0387. The summed E-state index contributed by atoms with van der Waals surface area (Å²) < 4.78 is 11.2. The smallest absolute Gasteiger partial charge is 0.0757 e. The highest BCUT2D eigenvalue weighted by molar-refractivity contribution is 4.82. The molecule has 0 saturated carbocycles. The lowest BCUT2D eigenvalue weighted by Crippen LogP contribution is -2.52. The van der Waals surface area contributed by atoms with Crippen molar-refractivity contribution in [1.29, 1.82) is 0 Å². The molecule has 0 aromatic heterocycles. The van der Waals surface area contributed by atoms with Gasteiger partial charge in [0.15, 0.2) is 0 Å². The van der Waals surface area contributed by atoms with Crippen LogP contribution in [0.2, 0.25) is 0 Å². The van der Waals surface area contributed by atoms with Crippen LogP contribution < -0.4 is 5.73 Å². The monoisotopic (exact) mass is 230 g/mol. The van der Waals surface area contributed by atoms with Crippen molar-refractivity contribution in [2.45, 2.75) is 45.0 Å². The zero-order valence-corrected chi connectivity index (χ0v) is 11.0. The topological polar surface area (TPSA) is 47.7 Å². The molecule has 0 spiro atoms. The fourth-order valence-electron chi connectivity index (χ4n) is 2.41. The molecule has 1 saturated heterocycles. The van der Waals surface area contributed by atoms with E-state index in [-0.39, 0.29) is 11.7 Å². The molecule has 1 heterocycles. The van der Waals surface area contributed by atoms with E-state index in [1.165, 1.54) is 0 Å². The molecule has 0 aromatic carbocycles. The van der Waals surface area contributed by atoms with Gasteiger partial charge in [-0.1, -0.05) is 0 Å². The average Bonchev–Trinajstić information content (AvgIpc) is 2.16. The number of hydrogen-bond acceptors (Lipinski definition) is 4. The van der Waals surface area contributed by atoms with Gasteiger partial charge in [0, 0.05) is 33.3 Å². The maximum absolute atomic E-state index is 5.87. The summed E-state index contributed by atoms with van der Waals surface area (Å²) >= 11 is 0. The number of nitrogens with zero attached hydrogens (tertiary/aromatic N) is 1. The van der Waals surface area contributed by atoms with Crippen molar-refractivity contribution in [1.82, 2.24) is 4.90 Å². The molecule has 0 bridgehead atoms. The van der Waals surface area contributed by atoms with E-state index in [1.54, 1.807) is 7.11 Å². The van der Waals surface area contributed by atoms with E-state index in [1.807, 2.05) is 0 Å². The Morgan fingerprint density at radius 2 is 2.25 bits per heavy atom. The van der Waals surface area contributed by atoms with Gasteiger partial charge in [0.25, 0.3) is 0 Å². The third-order valence-electron chi connectivity index (χ3n) is 3.00. The highest BCUT2D eigenvalue weighted by atomic mass is 16.5. The quantitative estimate of drug-likeness (QED) is 0.760. The van der Waals surface area contributed by atoms with Crippen LogP contribution in [-0.2, 0) is 9.47 Å². The molecule has 1 fully saturated rings. The Labute approximate surface area is 99.1 Å². The Morgan fingerprint density at radius 3 is 2.75 bits per heavy atom. The van der Waals surface area contributed by atoms with Gasteiger partial charge >= 0.3 is 0 Å². The van der Waals surface area contributed by atoms with Gasteiger partial charge in [0.1, 0.15) is 0 Å². The molecule has 2 atom stereocenters. The molecular formula is C12H26N2O2. The molecule has 0 aliphatic carbocycles. The first-order valence-corrected chi connectivity index (χ1v) is 6.10. The molecule has 16 heavy (non-hydrogen) atoms. The normalized spacial score (nSPS) is 27.9. The Morgan fingerprint density at radius 1 is 1.56 bits per heavy atom. The largest absolute Gasteiger partial charge is 0.380 e. The summed E-state index contributed by atoms with van der Waals surface area (Å²) in [5.41, 5.74) is 5.57. The lowest BCUT2D eigenvalue weighted by molar-refractivity contribution is -0.130. The second-order valence-corrected chi connectivity index (χ2v) is 5.31. The van der Waals surface area contributed by atoms with E-state index in [9.17, 15) is 0 Å². The zero-order valence-electron chi connectivity index (χ0n) is 11.0. The van der Waals surface area contributed by atoms with Gasteiger partial charge in [0.05, 0.1) is 17.8 Å². The summed E-state index contributed by atoms with van der Waals surface area (Å²) in [7, 11) is 1.73. The van der Waals surface area contributed by atoms with Crippen molar-refractivity contribution in [3.63, 3.8) is 0 Å². The van der Waals surface area contributed by atoms with Crippen molar-refractivity contribution in [2.24, 2.45) is 5.73 Å². The van der Waals surface area contributed by atoms with Crippen molar-refractivity contribution in [3.05, 3.63) is 0 Å². The summed E-state index contributed by atoms with van der Waals surface area (Å²) in [5, 5.41) is 0. The van der Waals surface area contributed by atoms with Crippen LogP contribution in [0.15, 0.2) is 0 Å². The molecule has 1 aliphatic rings. The summed E-state index contributed by atoms with van der Waals surface area (Å²) in [6, 6.07) is 0. The molecule has 0 radical (unpaired) electrons. The highest BCUT2D eigenvalue weighted by Crippen LogP contribution is 2.20. The predicted molar refractivity (Wildman–Crippen MR) is 65.5 cm³/mol. The fourth-order valence-corrected chi connectivity index (χ4v) is 2.41. The lowest BCUT2D eigenvalue weighted by Gasteiger charge is -2.42. The third-order valence-corrected chi connectivity index (χ3v) is 3.00. The summed E-state index contributed by atoms with van der Waals surface area (Å²) in [4.78, 5) is 2.44. The fraction of sp³-hybridized carbons (Fsp3) is 1.00. The standard InChI is InChI=1S/C12H26N2O2/c1-10-8-14(9-12(2,3)16-10)6-5-11(7-13)15-4/h10-11H,5-9,13H2,1-4H3. The molecule has 96 valence electrons. The number of hydrogen-bond donors (Lipinski definition) is 1. The highest BCUT2D eigenvalue weighted by Gasteiger charge is 2.31. The lowest BCUT2D eigenvalue weighted by atomic mass is 10.0. The van der Waals surface area contributed by atoms with Gasteiger partial charge in [-0.3, -0.25) is 4.90 Å². The molecule has 2 unspecified atom stereocenters. The van der Waals surface area contributed by atoms with Crippen molar-refractivity contribution >= 4 is 0 Å². The summed E-state index contributed by atoms with van der Waals surface area (Å²) in [6.45, 7) is 10.0. The molecule has 4 nitrogen and oxygen atoms in total. The summed E-state index contributed by atoms with van der Waals surface area (Å²) in [6.07, 6.45) is 1.49. The van der Waals surface area contributed by atoms with Crippen LogP contribution >= 0.6 is 0 Å². The third kappa shape index (κ3) is 4.37.